The lowest BCUT2D eigenvalue weighted by atomic mass is 10.2. The number of hydrogen-bond acceptors (Lipinski definition) is 5. The maximum atomic E-state index is 11.7. The Kier molecular flexibility index (Phi) is 3.90. The van der Waals surface area contributed by atoms with Gasteiger partial charge in [-0.3, -0.25) is 5.10 Å². The first kappa shape index (κ1) is 12.1. The van der Waals surface area contributed by atoms with Crippen molar-refractivity contribution < 1.29 is 9.53 Å². The summed E-state index contributed by atoms with van der Waals surface area (Å²) in [6.45, 7) is 2.63. The molecule has 18 heavy (non-hydrogen) atoms. The van der Waals surface area contributed by atoms with Crippen molar-refractivity contribution in [2.24, 2.45) is 0 Å². The Morgan fingerprint density at radius 2 is 2.33 bits per heavy atom. The van der Waals surface area contributed by atoms with Crippen molar-refractivity contribution in [3.63, 3.8) is 0 Å². The molecule has 0 spiro atoms. The predicted molar refractivity (Wildman–Crippen MR) is 66.1 cm³/mol. The molecular formula is C12H14N4O2. The number of aromatic amines is 1. The predicted octanol–water partition coefficient (Wildman–Crippen LogP) is 1.59. The molecule has 2 aromatic rings. The topological polar surface area (TPSA) is 79.9 Å². The number of carbonyl (C=O) groups is 1. The lowest BCUT2D eigenvalue weighted by molar-refractivity contribution is 0.0527. The molecule has 94 valence electrons. The van der Waals surface area contributed by atoms with Gasteiger partial charge in [0.25, 0.3) is 0 Å². The lowest BCUT2D eigenvalue weighted by Crippen LogP contribution is -2.11. The molecule has 0 bridgehead atoms. The summed E-state index contributed by atoms with van der Waals surface area (Å²) in [5.74, 6) is 0.128. The summed E-state index contributed by atoms with van der Waals surface area (Å²) in [7, 11) is 0. The Morgan fingerprint density at radius 3 is 3.06 bits per heavy atom. The molecule has 0 unspecified atom stereocenters. The summed E-state index contributed by atoms with van der Waals surface area (Å²) in [6, 6.07) is 5.23. The van der Waals surface area contributed by atoms with Crippen molar-refractivity contribution in [1.29, 1.82) is 0 Å². The van der Waals surface area contributed by atoms with Gasteiger partial charge in [0.15, 0.2) is 0 Å². The van der Waals surface area contributed by atoms with Crippen molar-refractivity contribution in [2.45, 2.75) is 13.5 Å². The summed E-state index contributed by atoms with van der Waals surface area (Å²) < 4.78 is 4.97. The van der Waals surface area contributed by atoms with E-state index >= 15 is 0 Å². The fraction of sp³-hybridized carbons (Fsp3) is 0.250. The van der Waals surface area contributed by atoms with Gasteiger partial charge in [-0.05, 0) is 25.1 Å². The lowest BCUT2D eigenvalue weighted by Gasteiger charge is -2.09. The minimum atomic E-state index is -0.377. The van der Waals surface area contributed by atoms with Gasteiger partial charge in [0.1, 0.15) is 11.4 Å². The number of ether oxygens (including phenoxy) is 1. The first-order valence-corrected chi connectivity index (χ1v) is 5.65. The molecule has 0 saturated carbocycles. The Hall–Kier alpha value is -2.37. The molecule has 0 saturated heterocycles. The largest absolute Gasteiger partial charge is 0.462 e. The van der Waals surface area contributed by atoms with Crippen LogP contribution in [0.5, 0.6) is 0 Å². The normalized spacial score (nSPS) is 10.1. The molecule has 0 fully saturated rings. The number of carbonyl (C=O) groups excluding carboxylic acids is 1. The molecule has 2 aromatic heterocycles. The van der Waals surface area contributed by atoms with Gasteiger partial charge in [-0.25, -0.2) is 9.78 Å². The molecule has 0 radical (unpaired) electrons. The van der Waals surface area contributed by atoms with Crippen LogP contribution < -0.4 is 5.32 Å². The maximum absolute atomic E-state index is 11.7. The van der Waals surface area contributed by atoms with E-state index in [1.165, 1.54) is 0 Å². The number of aromatic nitrogens is 3. The fourth-order valence-electron chi connectivity index (χ4n) is 1.48. The second-order valence-electron chi connectivity index (χ2n) is 3.56. The molecule has 0 amide bonds. The number of rotatable bonds is 5. The van der Waals surface area contributed by atoms with Crippen LogP contribution >= 0.6 is 0 Å². The summed E-state index contributed by atoms with van der Waals surface area (Å²) >= 11 is 0. The van der Waals surface area contributed by atoms with E-state index in [2.05, 4.69) is 20.5 Å². The van der Waals surface area contributed by atoms with E-state index in [9.17, 15) is 4.79 Å². The van der Waals surface area contributed by atoms with E-state index in [1.807, 2.05) is 6.07 Å². The second-order valence-corrected chi connectivity index (χ2v) is 3.56. The number of anilines is 1. The highest BCUT2D eigenvalue weighted by Gasteiger charge is 2.12. The molecule has 0 aliphatic rings. The first-order valence-electron chi connectivity index (χ1n) is 5.65. The average Bonchev–Trinajstić information content (AvgIpc) is 2.90. The average molecular weight is 246 g/mol. The minimum absolute atomic E-state index is 0.341. The van der Waals surface area contributed by atoms with E-state index in [-0.39, 0.29) is 5.97 Å². The Bertz CT molecular complexity index is 511. The second kappa shape index (κ2) is 5.81. The highest BCUT2D eigenvalue weighted by molar-refractivity contribution is 5.94. The molecule has 0 aliphatic heterocycles. The SMILES string of the molecule is CCOC(=O)c1cccnc1NCc1ccn[nH]1. The molecule has 0 aromatic carbocycles. The van der Waals surface area contributed by atoms with Crippen LogP contribution in [-0.2, 0) is 11.3 Å². The van der Waals surface area contributed by atoms with Crippen LogP contribution in [0.25, 0.3) is 0 Å². The Balaban J connectivity index is 2.09. The van der Waals surface area contributed by atoms with Gasteiger partial charge in [0, 0.05) is 12.4 Å². The van der Waals surface area contributed by atoms with Crippen molar-refractivity contribution in [3.8, 4) is 0 Å². The highest BCUT2D eigenvalue weighted by atomic mass is 16.5. The van der Waals surface area contributed by atoms with Gasteiger partial charge >= 0.3 is 5.97 Å². The standard InChI is InChI=1S/C12H14N4O2/c1-2-18-12(17)10-4-3-6-13-11(10)14-8-9-5-7-15-16-9/h3-7H,2,8H2,1H3,(H,13,14)(H,15,16). The van der Waals surface area contributed by atoms with E-state index < -0.39 is 0 Å². The summed E-state index contributed by atoms with van der Waals surface area (Å²) in [5.41, 5.74) is 1.34. The Labute approximate surface area is 104 Å². The quantitative estimate of drug-likeness (QED) is 0.783. The summed E-state index contributed by atoms with van der Waals surface area (Å²) in [6.07, 6.45) is 3.29. The van der Waals surface area contributed by atoms with Gasteiger partial charge in [-0.2, -0.15) is 5.10 Å². The van der Waals surface area contributed by atoms with Gasteiger partial charge in [-0.15, -0.1) is 0 Å². The van der Waals surface area contributed by atoms with Crippen LogP contribution in [0.15, 0.2) is 30.6 Å². The summed E-state index contributed by atoms with van der Waals surface area (Å²) in [4.78, 5) is 15.8. The van der Waals surface area contributed by atoms with Crippen LogP contribution in [0.1, 0.15) is 23.0 Å². The van der Waals surface area contributed by atoms with Gasteiger partial charge in [-0.1, -0.05) is 0 Å². The smallest absolute Gasteiger partial charge is 0.341 e. The molecule has 2 N–H and O–H groups in total. The molecule has 6 heteroatoms. The zero-order chi connectivity index (χ0) is 12.8. The first-order chi connectivity index (χ1) is 8.81. The fourth-order valence-corrected chi connectivity index (χ4v) is 1.48. The Morgan fingerprint density at radius 1 is 1.44 bits per heavy atom. The number of H-pyrrole nitrogens is 1. The van der Waals surface area contributed by atoms with Crippen molar-refractivity contribution in [1.82, 2.24) is 15.2 Å². The molecule has 2 heterocycles. The van der Waals surface area contributed by atoms with E-state index in [1.54, 1.807) is 31.5 Å². The molecule has 0 aliphatic carbocycles. The molecular weight excluding hydrogens is 232 g/mol. The van der Waals surface area contributed by atoms with Crippen molar-refractivity contribution in [3.05, 3.63) is 41.9 Å². The van der Waals surface area contributed by atoms with Crippen LogP contribution in [-0.4, -0.2) is 27.8 Å². The van der Waals surface area contributed by atoms with Crippen LogP contribution in [0, 0.1) is 0 Å². The van der Waals surface area contributed by atoms with Gasteiger partial charge < -0.3 is 10.1 Å². The zero-order valence-corrected chi connectivity index (χ0v) is 10.0. The number of nitrogens with zero attached hydrogens (tertiary/aromatic N) is 2. The summed E-state index contributed by atoms with van der Waals surface area (Å²) in [5, 5.41) is 9.74. The zero-order valence-electron chi connectivity index (χ0n) is 10.0. The van der Waals surface area contributed by atoms with Crippen molar-refractivity contribution in [2.75, 3.05) is 11.9 Å². The monoisotopic (exact) mass is 246 g/mol. The number of nitrogens with one attached hydrogen (secondary N) is 2. The number of pyridine rings is 1. The minimum Gasteiger partial charge on any atom is -0.462 e. The van der Waals surface area contributed by atoms with Crippen LogP contribution in [0.4, 0.5) is 5.82 Å². The van der Waals surface area contributed by atoms with Crippen LogP contribution in [0.3, 0.4) is 0 Å². The molecule has 6 nitrogen and oxygen atoms in total. The van der Waals surface area contributed by atoms with Crippen molar-refractivity contribution >= 4 is 11.8 Å². The van der Waals surface area contributed by atoms with E-state index in [0.717, 1.165) is 5.69 Å². The molecule has 0 atom stereocenters. The third-order valence-electron chi connectivity index (χ3n) is 2.31. The van der Waals surface area contributed by atoms with Crippen LogP contribution in [0.2, 0.25) is 0 Å². The van der Waals surface area contributed by atoms with Gasteiger partial charge in [0.2, 0.25) is 0 Å². The third kappa shape index (κ3) is 2.85. The van der Waals surface area contributed by atoms with E-state index in [4.69, 9.17) is 4.74 Å². The number of hydrogen-bond donors (Lipinski definition) is 2. The molecule has 2 rings (SSSR count). The maximum Gasteiger partial charge on any atom is 0.341 e. The highest BCUT2D eigenvalue weighted by Crippen LogP contribution is 2.13. The van der Waals surface area contributed by atoms with Gasteiger partial charge in [0.05, 0.1) is 18.8 Å². The number of esters is 1. The third-order valence-corrected chi connectivity index (χ3v) is 2.31. The van der Waals surface area contributed by atoms with E-state index in [0.29, 0.717) is 24.5 Å².